The summed E-state index contributed by atoms with van der Waals surface area (Å²) in [4.78, 5) is 14.1. The maximum atomic E-state index is 5.59. The third kappa shape index (κ3) is 2.08. The average Bonchev–Trinajstić information content (AvgIpc) is 2.28. The Labute approximate surface area is 94.0 Å². The van der Waals surface area contributed by atoms with E-state index in [4.69, 9.17) is 5.73 Å². The molecule has 0 bridgehead atoms. The Kier molecular flexibility index (Phi) is 2.68. The monoisotopic (exact) mass is 215 g/mol. The van der Waals surface area contributed by atoms with Gasteiger partial charge >= 0.3 is 0 Å². The van der Waals surface area contributed by atoms with Gasteiger partial charge in [0.05, 0.1) is 0 Å². The molecule has 0 aliphatic heterocycles. The minimum Gasteiger partial charge on any atom is -0.368 e. The standard InChI is InChI=1S/C11H13N5/c1-8-13-10(12)15-11(14-8)16(2)9-6-4-3-5-7-9/h3-7H,1-2H3,(H2,12,13,14,15). The number of nitrogens with zero attached hydrogens (tertiary/aromatic N) is 4. The molecule has 0 spiro atoms. The molecular formula is C11H13N5. The van der Waals surface area contributed by atoms with E-state index in [9.17, 15) is 0 Å². The van der Waals surface area contributed by atoms with Crippen molar-refractivity contribution in [3.05, 3.63) is 36.2 Å². The first-order valence-electron chi connectivity index (χ1n) is 4.94. The zero-order chi connectivity index (χ0) is 11.5. The lowest BCUT2D eigenvalue weighted by atomic mass is 10.3. The lowest BCUT2D eigenvalue weighted by Crippen LogP contribution is -2.15. The van der Waals surface area contributed by atoms with Crippen LogP contribution in [0.15, 0.2) is 30.3 Å². The first-order valence-corrected chi connectivity index (χ1v) is 4.94. The van der Waals surface area contributed by atoms with Gasteiger partial charge in [-0.05, 0) is 19.1 Å². The summed E-state index contributed by atoms with van der Waals surface area (Å²) in [7, 11) is 1.89. The second-order valence-corrected chi connectivity index (χ2v) is 3.44. The van der Waals surface area contributed by atoms with Crippen molar-refractivity contribution in [1.82, 2.24) is 15.0 Å². The Morgan fingerprint density at radius 1 is 1.06 bits per heavy atom. The van der Waals surface area contributed by atoms with Gasteiger partial charge in [0.25, 0.3) is 0 Å². The summed E-state index contributed by atoms with van der Waals surface area (Å²) in [5.74, 6) is 1.41. The van der Waals surface area contributed by atoms with Crippen LogP contribution in [0.3, 0.4) is 0 Å². The zero-order valence-corrected chi connectivity index (χ0v) is 9.25. The second-order valence-electron chi connectivity index (χ2n) is 3.44. The first-order chi connectivity index (χ1) is 7.66. The van der Waals surface area contributed by atoms with Crippen molar-refractivity contribution in [2.24, 2.45) is 0 Å². The summed E-state index contributed by atoms with van der Waals surface area (Å²) in [6.07, 6.45) is 0. The molecule has 1 aromatic heterocycles. The molecule has 0 radical (unpaired) electrons. The molecule has 0 amide bonds. The summed E-state index contributed by atoms with van der Waals surface area (Å²) < 4.78 is 0. The second kappa shape index (κ2) is 4.14. The molecule has 16 heavy (non-hydrogen) atoms. The highest BCUT2D eigenvalue weighted by molar-refractivity contribution is 5.56. The molecule has 0 unspecified atom stereocenters. The Bertz CT molecular complexity index is 463. The first kappa shape index (κ1) is 10.4. The molecule has 0 aliphatic carbocycles. The molecule has 0 saturated heterocycles. The third-order valence-corrected chi connectivity index (χ3v) is 2.20. The van der Waals surface area contributed by atoms with E-state index >= 15 is 0 Å². The highest BCUT2D eigenvalue weighted by atomic mass is 15.3. The molecule has 82 valence electrons. The smallest absolute Gasteiger partial charge is 0.234 e. The van der Waals surface area contributed by atoms with E-state index in [0.717, 1.165) is 5.69 Å². The summed E-state index contributed by atoms with van der Waals surface area (Å²) in [6, 6.07) is 9.85. The van der Waals surface area contributed by atoms with Crippen LogP contribution >= 0.6 is 0 Å². The van der Waals surface area contributed by atoms with E-state index in [1.54, 1.807) is 6.92 Å². The summed E-state index contributed by atoms with van der Waals surface area (Å²) in [5, 5.41) is 0. The fourth-order valence-corrected chi connectivity index (χ4v) is 1.41. The fourth-order valence-electron chi connectivity index (χ4n) is 1.41. The van der Waals surface area contributed by atoms with Crippen molar-refractivity contribution in [2.45, 2.75) is 6.92 Å². The number of rotatable bonds is 2. The van der Waals surface area contributed by atoms with Gasteiger partial charge in [-0.25, -0.2) is 0 Å². The van der Waals surface area contributed by atoms with Crippen LogP contribution < -0.4 is 10.6 Å². The van der Waals surface area contributed by atoms with Crippen LogP contribution in [0.1, 0.15) is 5.82 Å². The molecule has 0 fully saturated rings. The highest BCUT2D eigenvalue weighted by Gasteiger charge is 2.08. The molecule has 0 saturated carbocycles. The lowest BCUT2D eigenvalue weighted by molar-refractivity contribution is 0.948. The summed E-state index contributed by atoms with van der Waals surface area (Å²) in [6.45, 7) is 1.79. The Morgan fingerprint density at radius 3 is 2.38 bits per heavy atom. The Hall–Kier alpha value is -2.17. The highest BCUT2D eigenvalue weighted by Crippen LogP contribution is 2.19. The van der Waals surface area contributed by atoms with Crippen molar-refractivity contribution in [1.29, 1.82) is 0 Å². The van der Waals surface area contributed by atoms with Gasteiger partial charge in [0, 0.05) is 12.7 Å². The van der Waals surface area contributed by atoms with Gasteiger partial charge in [-0.2, -0.15) is 15.0 Å². The minimum absolute atomic E-state index is 0.241. The number of hydrogen-bond donors (Lipinski definition) is 1. The van der Waals surface area contributed by atoms with Crippen LogP contribution in [0, 0.1) is 6.92 Å². The van der Waals surface area contributed by atoms with E-state index in [1.807, 2.05) is 42.3 Å². The topological polar surface area (TPSA) is 67.9 Å². The normalized spacial score (nSPS) is 10.1. The van der Waals surface area contributed by atoms with Gasteiger partial charge in [-0.1, -0.05) is 18.2 Å². The molecule has 0 aliphatic rings. The minimum atomic E-state index is 0.241. The van der Waals surface area contributed by atoms with Crippen molar-refractivity contribution in [3.8, 4) is 0 Å². The van der Waals surface area contributed by atoms with Crippen LogP contribution in [0.25, 0.3) is 0 Å². The summed E-state index contributed by atoms with van der Waals surface area (Å²) >= 11 is 0. The number of anilines is 3. The predicted molar refractivity (Wildman–Crippen MR) is 63.5 cm³/mol. The van der Waals surface area contributed by atoms with Gasteiger partial charge in [-0.15, -0.1) is 0 Å². The van der Waals surface area contributed by atoms with Gasteiger partial charge in [0.1, 0.15) is 5.82 Å². The van der Waals surface area contributed by atoms with Crippen LogP contribution in [-0.2, 0) is 0 Å². The van der Waals surface area contributed by atoms with E-state index in [-0.39, 0.29) is 5.95 Å². The summed E-state index contributed by atoms with van der Waals surface area (Å²) in [5.41, 5.74) is 6.59. The molecule has 5 nitrogen and oxygen atoms in total. The lowest BCUT2D eigenvalue weighted by Gasteiger charge is -2.17. The quantitative estimate of drug-likeness (QED) is 0.822. The average molecular weight is 215 g/mol. The largest absolute Gasteiger partial charge is 0.368 e. The number of nitrogens with two attached hydrogens (primary N) is 1. The number of aryl methyl sites for hydroxylation is 1. The van der Waals surface area contributed by atoms with E-state index in [2.05, 4.69) is 15.0 Å². The van der Waals surface area contributed by atoms with Crippen LogP contribution in [0.2, 0.25) is 0 Å². The van der Waals surface area contributed by atoms with Crippen molar-refractivity contribution in [3.63, 3.8) is 0 Å². The molecule has 2 aromatic rings. The van der Waals surface area contributed by atoms with E-state index in [1.165, 1.54) is 0 Å². The molecule has 2 N–H and O–H groups in total. The zero-order valence-electron chi connectivity index (χ0n) is 9.25. The SMILES string of the molecule is Cc1nc(N)nc(N(C)c2ccccc2)n1. The van der Waals surface area contributed by atoms with Crippen molar-refractivity contribution in [2.75, 3.05) is 17.7 Å². The number of aromatic nitrogens is 3. The van der Waals surface area contributed by atoms with E-state index in [0.29, 0.717) is 11.8 Å². The van der Waals surface area contributed by atoms with Gasteiger partial charge in [-0.3, -0.25) is 0 Å². The maximum Gasteiger partial charge on any atom is 0.234 e. The van der Waals surface area contributed by atoms with Gasteiger partial charge < -0.3 is 10.6 Å². The predicted octanol–water partition coefficient (Wildman–Crippen LogP) is 1.53. The molecule has 5 heteroatoms. The van der Waals surface area contributed by atoms with Crippen molar-refractivity contribution < 1.29 is 0 Å². The van der Waals surface area contributed by atoms with Crippen LogP contribution in [-0.4, -0.2) is 22.0 Å². The molecular weight excluding hydrogens is 202 g/mol. The van der Waals surface area contributed by atoms with Crippen LogP contribution in [0.5, 0.6) is 0 Å². The number of para-hydroxylation sites is 1. The Balaban J connectivity index is 2.37. The molecule has 0 atom stereocenters. The number of benzene rings is 1. The van der Waals surface area contributed by atoms with Gasteiger partial charge in [0.2, 0.25) is 11.9 Å². The number of hydrogen-bond acceptors (Lipinski definition) is 5. The molecule has 1 aromatic carbocycles. The molecule has 2 rings (SSSR count). The van der Waals surface area contributed by atoms with E-state index < -0.39 is 0 Å². The van der Waals surface area contributed by atoms with Gasteiger partial charge in [0.15, 0.2) is 0 Å². The Morgan fingerprint density at radius 2 is 1.75 bits per heavy atom. The van der Waals surface area contributed by atoms with Crippen LogP contribution in [0.4, 0.5) is 17.6 Å². The van der Waals surface area contributed by atoms with Crippen molar-refractivity contribution >= 4 is 17.6 Å². The third-order valence-electron chi connectivity index (χ3n) is 2.20. The maximum absolute atomic E-state index is 5.59. The molecule has 1 heterocycles. The number of nitrogen functional groups attached to an aromatic ring is 1. The fraction of sp³-hybridized carbons (Fsp3) is 0.182.